The fourth-order valence-electron chi connectivity index (χ4n) is 5.00. The predicted molar refractivity (Wildman–Crippen MR) is 80.9 cm³/mol. The summed E-state index contributed by atoms with van der Waals surface area (Å²) in [6.45, 7) is 8.20. The van der Waals surface area contributed by atoms with E-state index in [2.05, 4.69) is 50.0 Å². The number of rotatable bonds is 1. The third-order valence-corrected chi connectivity index (χ3v) is 6.47. The zero-order valence-electron chi connectivity index (χ0n) is 11.5. The van der Waals surface area contributed by atoms with Gasteiger partial charge in [0, 0.05) is 49.7 Å². The summed E-state index contributed by atoms with van der Waals surface area (Å²) in [5.41, 5.74) is 1.77. The Morgan fingerprint density at radius 3 is 2.45 bits per heavy atom. The summed E-state index contributed by atoms with van der Waals surface area (Å²) in [6.07, 6.45) is 0. The van der Waals surface area contributed by atoms with Crippen molar-refractivity contribution in [3.63, 3.8) is 0 Å². The number of halogens is 1. The van der Waals surface area contributed by atoms with E-state index in [0.29, 0.717) is 5.92 Å². The highest BCUT2D eigenvalue weighted by atomic mass is 79.9. The lowest BCUT2D eigenvalue weighted by atomic mass is 9.60. The molecule has 5 saturated heterocycles. The molecule has 5 fully saturated rings. The van der Waals surface area contributed by atoms with Crippen LogP contribution in [-0.2, 0) is 10.2 Å². The Bertz CT molecular complexity index is 555. The second-order valence-corrected chi connectivity index (χ2v) is 7.85. The van der Waals surface area contributed by atoms with Gasteiger partial charge in [-0.15, -0.1) is 0 Å². The van der Waals surface area contributed by atoms with Gasteiger partial charge >= 0.3 is 0 Å². The molecule has 3 unspecified atom stereocenters. The van der Waals surface area contributed by atoms with Crippen molar-refractivity contribution in [2.24, 2.45) is 5.92 Å². The Balaban J connectivity index is 1.70. The molecule has 106 valence electrons. The third kappa shape index (κ3) is 1.41. The standard InChI is InChI=1S/C16H19BrN2O/c17-14-3-1-2-12(6-14)15-9-18-4-5-19(10-15)8-13(7-18)16(15)11-20-16/h1-3,6,13H,4-5,7-11H2. The summed E-state index contributed by atoms with van der Waals surface area (Å²) in [5.74, 6) is 0.687. The number of piperidine rings is 2. The van der Waals surface area contributed by atoms with Crippen molar-refractivity contribution in [3.05, 3.63) is 34.3 Å². The monoisotopic (exact) mass is 334 g/mol. The molecule has 5 aliphatic heterocycles. The number of fused-ring (bicyclic) bond motifs is 1. The summed E-state index contributed by atoms with van der Waals surface area (Å²) >= 11 is 3.65. The van der Waals surface area contributed by atoms with Gasteiger partial charge in [-0.05, 0) is 17.7 Å². The van der Waals surface area contributed by atoms with Gasteiger partial charge in [-0.2, -0.15) is 0 Å². The molecule has 4 heteroatoms. The van der Waals surface area contributed by atoms with E-state index in [0.717, 1.165) is 19.7 Å². The normalized spacial score (nSPS) is 48.5. The third-order valence-electron chi connectivity index (χ3n) is 5.98. The average Bonchev–Trinajstić information content (AvgIpc) is 3.19. The van der Waals surface area contributed by atoms with Crippen LogP contribution in [0.25, 0.3) is 0 Å². The van der Waals surface area contributed by atoms with E-state index in [1.807, 2.05) is 0 Å². The van der Waals surface area contributed by atoms with Crippen molar-refractivity contribution in [1.29, 1.82) is 0 Å². The van der Waals surface area contributed by atoms with Gasteiger partial charge in [0.05, 0.1) is 12.0 Å². The Kier molecular flexibility index (Phi) is 2.35. The second kappa shape index (κ2) is 3.86. The zero-order valence-corrected chi connectivity index (χ0v) is 13.1. The predicted octanol–water partition coefficient (Wildman–Crippen LogP) is 1.72. The summed E-state index contributed by atoms with van der Waals surface area (Å²) < 4.78 is 7.34. The van der Waals surface area contributed by atoms with Crippen molar-refractivity contribution in [1.82, 2.24) is 9.80 Å². The van der Waals surface area contributed by atoms with E-state index < -0.39 is 0 Å². The molecule has 0 N–H and O–H groups in total. The lowest BCUT2D eigenvalue weighted by Gasteiger charge is -2.54. The Morgan fingerprint density at radius 2 is 1.85 bits per heavy atom. The highest BCUT2D eigenvalue weighted by molar-refractivity contribution is 9.10. The maximum absolute atomic E-state index is 6.16. The van der Waals surface area contributed by atoms with Crippen molar-refractivity contribution < 1.29 is 4.74 Å². The molecule has 1 aromatic carbocycles. The average molecular weight is 335 g/mol. The first-order valence-electron chi connectivity index (χ1n) is 7.57. The quantitative estimate of drug-likeness (QED) is 0.729. The van der Waals surface area contributed by atoms with Crippen LogP contribution < -0.4 is 0 Å². The minimum atomic E-state index is 0.130. The summed E-state index contributed by atoms with van der Waals surface area (Å²) in [6, 6.07) is 8.93. The van der Waals surface area contributed by atoms with Gasteiger partial charge in [-0.3, -0.25) is 0 Å². The summed E-state index contributed by atoms with van der Waals surface area (Å²) in [7, 11) is 0. The molecule has 0 radical (unpaired) electrons. The van der Waals surface area contributed by atoms with E-state index in [1.54, 1.807) is 0 Å². The number of ether oxygens (including phenoxy) is 1. The SMILES string of the molecule is Brc1cccc(C23CN4CCN(CC(C4)C24CO4)C3)c1. The van der Waals surface area contributed by atoms with Crippen LogP contribution in [0.5, 0.6) is 0 Å². The molecular weight excluding hydrogens is 316 g/mol. The van der Waals surface area contributed by atoms with Crippen molar-refractivity contribution in [2.75, 3.05) is 45.9 Å². The Morgan fingerprint density at radius 1 is 1.15 bits per heavy atom. The number of benzene rings is 1. The fraction of sp³-hybridized carbons (Fsp3) is 0.625. The highest BCUT2D eigenvalue weighted by Crippen LogP contribution is 2.58. The summed E-state index contributed by atoms with van der Waals surface area (Å²) in [4.78, 5) is 5.34. The van der Waals surface area contributed by atoms with Crippen LogP contribution in [0.3, 0.4) is 0 Å². The smallest absolute Gasteiger partial charge is 0.109 e. The van der Waals surface area contributed by atoms with Crippen molar-refractivity contribution >= 4 is 15.9 Å². The number of hydrogen-bond acceptors (Lipinski definition) is 3. The van der Waals surface area contributed by atoms with Gasteiger partial charge in [-0.1, -0.05) is 28.1 Å². The van der Waals surface area contributed by atoms with Crippen LogP contribution >= 0.6 is 15.9 Å². The zero-order chi connectivity index (χ0) is 13.4. The van der Waals surface area contributed by atoms with Gasteiger partial charge in [-0.25, -0.2) is 0 Å². The topological polar surface area (TPSA) is 19.0 Å². The molecule has 0 aromatic heterocycles. The van der Waals surface area contributed by atoms with Gasteiger partial charge in [0.15, 0.2) is 0 Å². The Labute approximate surface area is 128 Å². The van der Waals surface area contributed by atoms with E-state index in [9.17, 15) is 0 Å². The number of hydrogen-bond donors (Lipinski definition) is 0. The highest BCUT2D eigenvalue weighted by Gasteiger charge is 2.71. The largest absolute Gasteiger partial charge is 0.368 e. The minimum absolute atomic E-state index is 0.130. The van der Waals surface area contributed by atoms with E-state index in [4.69, 9.17) is 4.74 Å². The first kappa shape index (κ1) is 12.2. The van der Waals surface area contributed by atoms with E-state index >= 15 is 0 Å². The first-order chi connectivity index (χ1) is 9.72. The first-order valence-corrected chi connectivity index (χ1v) is 8.36. The van der Waals surface area contributed by atoms with E-state index in [-0.39, 0.29) is 11.0 Å². The second-order valence-electron chi connectivity index (χ2n) is 6.94. The molecule has 6 rings (SSSR count). The number of nitrogens with zero attached hydrogens (tertiary/aromatic N) is 2. The summed E-state index contributed by atoms with van der Waals surface area (Å²) in [5, 5.41) is 0. The fourth-order valence-corrected chi connectivity index (χ4v) is 5.40. The van der Waals surface area contributed by atoms with Crippen molar-refractivity contribution in [3.8, 4) is 0 Å². The van der Waals surface area contributed by atoms with Crippen LogP contribution in [-0.4, -0.2) is 61.3 Å². The minimum Gasteiger partial charge on any atom is -0.368 e. The maximum atomic E-state index is 6.16. The molecule has 0 aliphatic carbocycles. The molecule has 3 atom stereocenters. The van der Waals surface area contributed by atoms with Gasteiger partial charge in [0.25, 0.3) is 0 Å². The van der Waals surface area contributed by atoms with Crippen LogP contribution in [0.2, 0.25) is 0 Å². The maximum Gasteiger partial charge on any atom is 0.109 e. The van der Waals surface area contributed by atoms with E-state index in [1.165, 1.54) is 36.2 Å². The van der Waals surface area contributed by atoms with Gasteiger partial charge in [0.1, 0.15) is 5.60 Å². The lowest BCUT2D eigenvalue weighted by molar-refractivity contribution is -0.0310. The van der Waals surface area contributed by atoms with Crippen LogP contribution in [0.4, 0.5) is 0 Å². The molecule has 1 aromatic rings. The van der Waals surface area contributed by atoms with Gasteiger partial charge < -0.3 is 14.5 Å². The molecule has 0 amide bonds. The molecule has 5 heterocycles. The molecule has 4 bridgehead atoms. The molecule has 3 nitrogen and oxygen atoms in total. The number of epoxide rings is 1. The lowest BCUT2D eigenvalue weighted by Crippen LogP contribution is -2.68. The molecule has 5 aliphatic rings. The van der Waals surface area contributed by atoms with Crippen LogP contribution in [0.1, 0.15) is 5.56 Å². The van der Waals surface area contributed by atoms with Crippen LogP contribution in [0, 0.1) is 5.92 Å². The molecular formula is C16H19BrN2O. The molecule has 1 spiro atoms. The van der Waals surface area contributed by atoms with Gasteiger partial charge in [0.2, 0.25) is 0 Å². The van der Waals surface area contributed by atoms with Crippen molar-refractivity contribution in [2.45, 2.75) is 11.0 Å². The van der Waals surface area contributed by atoms with Crippen LogP contribution in [0.15, 0.2) is 28.7 Å². The Hall–Kier alpha value is -0.420. The molecule has 0 saturated carbocycles. The molecule has 20 heavy (non-hydrogen) atoms.